The van der Waals surface area contributed by atoms with Crippen molar-refractivity contribution in [2.24, 2.45) is 10.4 Å². The fourth-order valence-electron chi connectivity index (χ4n) is 0.943. The van der Waals surface area contributed by atoms with Crippen molar-refractivity contribution in [2.45, 2.75) is 73.4 Å². The number of nitrogens with zero attached hydrogens (tertiary/aromatic N) is 1. The molecule has 0 aliphatic rings. The highest BCUT2D eigenvalue weighted by Crippen LogP contribution is 2.16. The Labute approximate surface area is 111 Å². The van der Waals surface area contributed by atoms with E-state index in [1.807, 2.05) is 62.3 Å². The van der Waals surface area contributed by atoms with Gasteiger partial charge in [-0.15, -0.1) is 0 Å². The molecule has 0 aromatic carbocycles. The number of hydrogen-bond acceptors (Lipinski definition) is 3. The number of rotatable bonds is 0. The number of aliphatic imine (C=N–C) groups is 1. The van der Waals surface area contributed by atoms with Gasteiger partial charge in [0.05, 0.1) is 11.0 Å². The molecule has 0 bridgehead atoms. The van der Waals surface area contributed by atoms with Crippen LogP contribution >= 0.6 is 0 Å². The minimum Gasteiger partial charge on any atom is -0.392 e. The van der Waals surface area contributed by atoms with Crippen LogP contribution in [-0.2, 0) is 9.53 Å². The summed E-state index contributed by atoms with van der Waals surface area (Å²) in [5, 5.41) is 3.12. The van der Waals surface area contributed by atoms with E-state index in [0.717, 1.165) is 0 Å². The summed E-state index contributed by atoms with van der Waals surface area (Å²) in [5.41, 5.74) is -1.05. The Morgan fingerprint density at radius 1 is 0.944 bits per heavy atom. The standard InChI is InChI=1S/C14H28N2O2/c1-12(2,3)10(17)18-11(15-13(4,5)6)16-14(7,8)9/h1-9H3,(H,15,16). The second-order valence-electron chi connectivity index (χ2n) is 7.60. The third kappa shape index (κ3) is 8.09. The molecule has 106 valence electrons. The van der Waals surface area contributed by atoms with Gasteiger partial charge in [-0.25, -0.2) is 4.99 Å². The van der Waals surface area contributed by atoms with Crippen LogP contribution in [-0.4, -0.2) is 23.1 Å². The molecular formula is C14H28N2O2. The van der Waals surface area contributed by atoms with Crippen LogP contribution in [0.25, 0.3) is 0 Å². The first-order valence-corrected chi connectivity index (χ1v) is 6.31. The summed E-state index contributed by atoms with van der Waals surface area (Å²) in [4.78, 5) is 16.3. The van der Waals surface area contributed by atoms with Crippen molar-refractivity contribution in [3.05, 3.63) is 0 Å². The fourth-order valence-corrected chi connectivity index (χ4v) is 0.943. The van der Waals surface area contributed by atoms with Crippen molar-refractivity contribution < 1.29 is 9.53 Å². The summed E-state index contributed by atoms with van der Waals surface area (Å²) < 4.78 is 5.37. The molecule has 4 heteroatoms. The molecule has 18 heavy (non-hydrogen) atoms. The largest absolute Gasteiger partial charge is 0.392 e. The molecule has 0 aromatic rings. The molecule has 4 nitrogen and oxygen atoms in total. The number of carbonyl (C=O) groups is 1. The average molecular weight is 256 g/mol. The van der Waals surface area contributed by atoms with Crippen molar-refractivity contribution >= 4 is 12.0 Å². The Balaban J connectivity index is 5.03. The lowest BCUT2D eigenvalue weighted by molar-refractivity contribution is -0.144. The Bertz CT molecular complexity index is 325. The van der Waals surface area contributed by atoms with Crippen LogP contribution in [0.1, 0.15) is 62.3 Å². The predicted octanol–water partition coefficient (Wildman–Crippen LogP) is 3.12. The van der Waals surface area contributed by atoms with Crippen LogP contribution in [0.15, 0.2) is 4.99 Å². The van der Waals surface area contributed by atoms with E-state index in [1.54, 1.807) is 0 Å². The molecule has 0 amide bonds. The van der Waals surface area contributed by atoms with Gasteiger partial charge in [0.2, 0.25) is 0 Å². The molecule has 0 aliphatic carbocycles. The van der Waals surface area contributed by atoms with E-state index in [-0.39, 0.29) is 23.1 Å². The first-order chi connectivity index (χ1) is 7.71. The summed E-state index contributed by atoms with van der Waals surface area (Å²) in [6.45, 7) is 17.3. The fraction of sp³-hybridized carbons (Fsp3) is 0.857. The predicted molar refractivity (Wildman–Crippen MR) is 75.6 cm³/mol. The molecule has 0 aromatic heterocycles. The zero-order chi connectivity index (χ0) is 14.8. The van der Waals surface area contributed by atoms with E-state index in [0.29, 0.717) is 0 Å². The molecule has 0 heterocycles. The van der Waals surface area contributed by atoms with Gasteiger partial charge in [-0.05, 0) is 62.3 Å². The Morgan fingerprint density at radius 2 is 1.39 bits per heavy atom. The maximum Gasteiger partial charge on any atom is 0.318 e. The third-order valence-electron chi connectivity index (χ3n) is 1.72. The van der Waals surface area contributed by atoms with Crippen molar-refractivity contribution in [3.8, 4) is 0 Å². The Morgan fingerprint density at radius 3 is 1.67 bits per heavy atom. The number of ether oxygens (including phenoxy) is 1. The lowest BCUT2D eigenvalue weighted by atomic mass is 9.97. The van der Waals surface area contributed by atoms with E-state index in [2.05, 4.69) is 10.3 Å². The molecule has 1 N–H and O–H groups in total. The molecule has 0 aliphatic heterocycles. The van der Waals surface area contributed by atoms with Gasteiger partial charge in [0.25, 0.3) is 6.02 Å². The average Bonchev–Trinajstić information content (AvgIpc) is 1.94. The van der Waals surface area contributed by atoms with Gasteiger partial charge in [-0.3, -0.25) is 4.79 Å². The first-order valence-electron chi connectivity index (χ1n) is 6.31. The Hall–Kier alpha value is -1.06. The number of amidine groups is 1. The summed E-state index contributed by atoms with van der Waals surface area (Å²) in [5.74, 6) is -0.290. The summed E-state index contributed by atoms with van der Waals surface area (Å²) in [6, 6.07) is 0.287. The number of hydrogen-bond donors (Lipinski definition) is 1. The molecule has 0 spiro atoms. The Kier molecular flexibility index (Phi) is 4.98. The van der Waals surface area contributed by atoms with E-state index in [4.69, 9.17) is 4.74 Å². The van der Waals surface area contributed by atoms with Crippen LogP contribution in [0.4, 0.5) is 0 Å². The monoisotopic (exact) mass is 256 g/mol. The van der Waals surface area contributed by atoms with Crippen molar-refractivity contribution in [1.29, 1.82) is 0 Å². The minimum atomic E-state index is -0.543. The lowest BCUT2D eigenvalue weighted by Gasteiger charge is -2.26. The second kappa shape index (κ2) is 5.29. The summed E-state index contributed by atoms with van der Waals surface area (Å²) in [6.07, 6.45) is 0. The van der Waals surface area contributed by atoms with Crippen LogP contribution in [0.5, 0.6) is 0 Å². The van der Waals surface area contributed by atoms with Crippen molar-refractivity contribution in [1.82, 2.24) is 5.32 Å². The van der Waals surface area contributed by atoms with E-state index >= 15 is 0 Å². The summed E-state index contributed by atoms with van der Waals surface area (Å²) in [7, 11) is 0. The van der Waals surface area contributed by atoms with E-state index in [9.17, 15) is 4.79 Å². The van der Waals surface area contributed by atoms with Gasteiger partial charge in [0.15, 0.2) is 0 Å². The highest BCUT2D eigenvalue weighted by molar-refractivity contribution is 5.90. The van der Waals surface area contributed by atoms with E-state index < -0.39 is 5.41 Å². The normalized spacial score (nSPS) is 14.4. The van der Waals surface area contributed by atoms with Crippen molar-refractivity contribution in [3.63, 3.8) is 0 Å². The molecule has 0 rings (SSSR count). The van der Waals surface area contributed by atoms with Crippen LogP contribution < -0.4 is 5.32 Å². The third-order valence-corrected chi connectivity index (χ3v) is 1.72. The van der Waals surface area contributed by atoms with Crippen LogP contribution in [0.3, 0.4) is 0 Å². The zero-order valence-corrected chi connectivity index (χ0v) is 13.3. The quantitative estimate of drug-likeness (QED) is 0.411. The van der Waals surface area contributed by atoms with Crippen LogP contribution in [0, 0.1) is 5.41 Å². The molecule has 0 unspecified atom stereocenters. The topological polar surface area (TPSA) is 50.7 Å². The maximum atomic E-state index is 11.9. The van der Waals surface area contributed by atoms with Gasteiger partial charge >= 0.3 is 5.97 Å². The van der Waals surface area contributed by atoms with Crippen molar-refractivity contribution in [2.75, 3.05) is 0 Å². The van der Waals surface area contributed by atoms with Gasteiger partial charge in [0, 0.05) is 5.54 Å². The second-order valence-corrected chi connectivity index (χ2v) is 7.60. The molecule has 0 radical (unpaired) electrons. The highest BCUT2D eigenvalue weighted by Gasteiger charge is 2.27. The molecule has 0 atom stereocenters. The van der Waals surface area contributed by atoms with Gasteiger partial charge in [0.1, 0.15) is 0 Å². The maximum absolute atomic E-state index is 11.9. The number of nitrogens with one attached hydrogen (secondary N) is 1. The SMILES string of the molecule is CC(C)(C)N=C(NC(C)(C)C)OC(=O)C(C)(C)C. The van der Waals surface area contributed by atoms with Gasteiger partial charge in [-0.2, -0.15) is 0 Å². The molecular weight excluding hydrogens is 228 g/mol. The minimum absolute atomic E-state index is 0.206. The van der Waals surface area contributed by atoms with Gasteiger partial charge < -0.3 is 10.1 Å². The van der Waals surface area contributed by atoms with Gasteiger partial charge in [-0.1, -0.05) is 0 Å². The summed E-state index contributed by atoms with van der Waals surface area (Å²) >= 11 is 0. The van der Waals surface area contributed by atoms with E-state index in [1.165, 1.54) is 0 Å². The van der Waals surface area contributed by atoms with Crippen LogP contribution in [0.2, 0.25) is 0 Å². The smallest absolute Gasteiger partial charge is 0.318 e. The number of carbonyl (C=O) groups excluding carboxylic acids is 1. The molecule has 0 fully saturated rings. The number of esters is 1. The molecule has 0 saturated heterocycles. The lowest BCUT2D eigenvalue weighted by Crippen LogP contribution is -2.45. The molecule has 0 saturated carbocycles. The highest BCUT2D eigenvalue weighted by atomic mass is 16.6. The zero-order valence-electron chi connectivity index (χ0n) is 13.3. The first kappa shape index (κ1) is 16.9.